The van der Waals surface area contributed by atoms with Gasteiger partial charge in [-0.1, -0.05) is 188 Å². The third-order valence-electron chi connectivity index (χ3n) is 12.5. The van der Waals surface area contributed by atoms with E-state index in [9.17, 15) is 0 Å². The highest BCUT2D eigenvalue weighted by Gasteiger charge is 2.48. The molecule has 1 aliphatic carbocycles. The molecule has 0 spiro atoms. The van der Waals surface area contributed by atoms with Crippen molar-refractivity contribution in [1.29, 1.82) is 0 Å². The summed E-state index contributed by atoms with van der Waals surface area (Å²) in [6, 6.07) is 80.9. The summed E-state index contributed by atoms with van der Waals surface area (Å²) >= 11 is 0. The molecule has 280 valence electrons. The lowest BCUT2D eigenvalue weighted by atomic mass is 9.66. The van der Waals surface area contributed by atoms with E-state index < -0.39 is 5.41 Å². The van der Waals surface area contributed by atoms with Gasteiger partial charge in [0.15, 0.2) is 5.82 Å². The molecule has 0 bridgehead atoms. The van der Waals surface area contributed by atoms with E-state index in [1.54, 1.807) is 0 Å². The van der Waals surface area contributed by atoms with Crippen LogP contribution in [0.4, 0.5) is 0 Å². The highest BCUT2D eigenvalue weighted by atomic mass is 15.0. The van der Waals surface area contributed by atoms with Crippen LogP contribution in [0.25, 0.3) is 83.3 Å². The van der Waals surface area contributed by atoms with E-state index in [0.717, 1.165) is 39.2 Å². The maximum absolute atomic E-state index is 5.52. The Morgan fingerprint density at radius 2 is 0.883 bits per heavy atom. The first kappa shape index (κ1) is 34.2. The average molecular weight is 764 g/mol. The zero-order valence-corrected chi connectivity index (χ0v) is 32.7. The van der Waals surface area contributed by atoms with Crippen LogP contribution in [0, 0.1) is 0 Å². The summed E-state index contributed by atoms with van der Waals surface area (Å²) in [4.78, 5) is 11.0. The predicted molar refractivity (Wildman–Crippen MR) is 247 cm³/mol. The van der Waals surface area contributed by atoms with Crippen LogP contribution in [0.2, 0.25) is 0 Å². The van der Waals surface area contributed by atoms with Crippen molar-refractivity contribution >= 4 is 32.6 Å². The third-order valence-corrected chi connectivity index (χ3v) is 12.5. The van der Waals surface area contributed by atoms with Crippen LogP contribution in [-0.2, 0) is 5.41 Å². The number of nitrogens with zero attached hydrogens (tertiary/aromatic N) is 3. The minimum Gasteiger partial charge on any atom is -0.309 e. The first-order chi connectivity index (χ1) is 29.8. The van der Waals surface area contributed by atoms with Gasteiger partial charge in [-0.3, -0.25) is 0 Å². The summed E-state index contributed by atoms with van der Waals surface area (Å²) in [5.74, 6) is 0.701. The Labute approximate surface area is 348 Å². The Morgan fingerprint density at radius 3 is 1.52 bits per heavy atom. The Hall–Kier alpha value is -7.88. The van der Waals surface area contributed by atoms with E-state index in [1.807, 2.05) is 0 Å². The molecule has 9 aromatic carbocycles. The Balaban J connectivity index is 1.12. The van der Waals surface area contributed by atoms with Crippen LogP contribution in [0.1, 0.15) is 22.3 Å². The molecule has 12 rings (SSSR count). The monoisotopic (exact) mass is 763 g/mol. The molecule has 0 fully saturated rings. The zero-order valence-electron chi connectivity index (χ0n) is 32.7. The molecule has 0 saturated heterocycles. The summed E-state index contributed by atoms with van der Waals surface area (Å²) < 4.78 is 2.36. The smallest absolute Gasteiger partial charge is 0.161 e. The van der Waals surface area contributed by atoms with Crippen LogP contribution in [0.5, 0.6) is 0 Å². The maximum atomic E-state index is 5.52. The molecule has 0 saturated carbocycles. The number of benzene rings is 9. The zero-order chi connectivity index (χ0) is 39.6. The summed E-state index contributed by atoms with van der Waals surface area (Å²) in [6.07, 6.45) is 0. The highest BCUT2D eigenvalue weighted by Crippen LogP contribution is 2.60. The highest BCUT2D eigenvalue weighted by molar-refractivity contribution is 6.09. The second-order valence-corrected chi connectivity index (χ2v) is 15.7. The Kier molecular flexibility index (Phi) is 7.76. The van der Waals surface area contributed by atoms with Gasteiger partial charge in [-0.25, -0.2) is 9.97 Å². The first-order valence-electron chi connectivity index (χ1n) is 20.6. The van der Waals surface area contributed by atoms with E-state index in [-0.39, 0.29) is 0 Å². The topological polar surface area (TPSA) is 30.7 Å². The quantitative estimate of drug-likeness (QED) is 0.169. The fraction of sp³-hybridized carbons (Fsp3) is 0.0175. The summed E-state index contributed by atoms with van der Waals surface area (Å²) in [5.41, 5.74) is 15.1. The van der Waals surface area contributed by atoms with Crippen molar-refractivity contribution in [3.63, 3.8) is 0 Å². The molecule has 0 radical (unpaired) electrons. The van der Waals surface area contributed by atoms with Gasteiger partial charge >= 0.3 is 0 Å². The first-order valence-corrected chi connectivity index (χ1v) is 20.6. The minimum absolute atomic E-state index is 0.577. The van der Waals surface area contributed by atoms with Crippen molar-refractivity contribution in [2.24, 2.45) is 0 Å². The van der Waals surface area contributed by atoms with Gasteiger partial charge in [-0.2, -0.15) is 0 Å². The molecular weight excluding hydrogens is 727 g/mol. The lowest BCUT2D eigenvalue weighted by molar-refractivity contribution is 0.775. The predicted octanol–water partition coefficient (Wildman–Crippen LogP) is 14.1. The summed E-state index contributed by atoms with van der Waals surface area (Å²) in [7, 11) is 0. The van der Waals surface area contributed by atoms with Gasteiger partial charge in [0.1, 0.15) is 0 Å². The van der Waals surface area contributed by atoms with E-state index >= 15 is 0 Å². The second-order valence-electron chi connectivity index (χ2n) is 15.7. The van der Waals surface area contributed by atoms with E-state index in [4.69, 9.17) is 9.97 Å². The second kappa shape index (κ2) is 13.6. The third kappa shape index (κ3) is 5.09. The fourth-order valence-corrected chi connectivity index (χ4v) is 9.95. The molecule has 0 amide bonds. The number of hydrogen-bond acceptors (Lipinski definition) is 2. The summed E-state index contributed by atoms with van der Waals surface area (Å²) in [5, 5.41) is 4.87. The SMILES string of the molecule is c1ccc(-c2cc(-c3ccc(-n4c5ccccc5c5ccccc54)cc3)nc(-c3cc4ccccc4c4c3-c3ccccc3C4(c3ccccc3)c3ccccc3)n2)cc1. The van der Waals surface area contributed by atoms with Crippen LogP contribution in [0.3, 0.4) is 0 Å². The van der Waals surface area contributed by atoms with E-state index in [0.29, 0.717) is 5.82 Å². The van der Waals surface area contributed by atoms with Gasteiger partial charge in [0.25, 0.3) is 0 Å². The van der Waals surface area contributed by atoms with Crippen molar-refractivity contribution in [2.45, 2.75) is 5.41 Å². The molecule has 2 aromatic heterocycles. The van der Waals surface area contributed by atoms with Crippen molar-refractivity contribution in [3.8, 4) is 50.7 Å². The normalized spacial score (nSPS) is 12.8. The maximum Gasteiger partial charge on any atom is 0.161 e. The lowest BCUT2D eigenvalue weighted by Gasteiger charge is -2.34. The molecule has 0 atom stereocenters. The van der Waals surface area contributed by atoms with Crippen molar-refractivity contribution in [3.05, 3.63) is 247 Å². The van der Waals surface area contributed by atoms with Crippen LogP contribution in [0.15, 0.2) is 224 Å². The van der Waals surface area contributed by atoms with Crippen LogP contribution < -0.4 is 0 Å². The van der Waals surface area contributed by atoms with Gasteiger partial charge in [0.2, 0.25) is 0 Å². The summed E-state index contributed by atoms with van der Waals surface area (Å²) in [6.45, 7) is 0. The largest absolute Gasteiger partial charge is 0.309 e. The molecule has 60 heavy (non-hydrogen) atoms. The van der Waals surface area contributed by atoms with Crippen molar-refractivity contribution < 1.29 is 0 Å². The number of fused-ring (bicyclic) bond motifs is 8. The molecule has 0 aliphatic heterocycles. The number of hydrogen-bond donors (Lipinski definition) is 0. The molecule has 11 aromatic rings. The van der Waals surface area contributed by atoms with E-state index in [1.165, 1.54) is 60.6 Å². The van der Waals surface area contributed by atoms with Crippen molar-refractivity contribution in [1.82, 2.24) is 14.5 Å². The van der Waals surface area contributed by atoms with Gasteiger partial charge in [-0.15, -0.1) is 0 Å². The van der Waals surface area contributed by atoms with E-state index in [2.05, 4.69) is 229 Å². The fourth-order valence-electron chi connectivity index (χ4n) is 9.95. The Morgan fingerprint density at radius 1 is 0.383 bits per heavy atom. The molecule has 1 aliphatic rings. The molecule has 0 N–H and O–H groups in total. The van der Waals surface area contributed by atoms with Gasteiger partial charge in [0.05, 0.1) is 27.8 Å². The van der Waals surface area contributed by atoms with Crippen LogP contribution in [-0.4, -0.2) is 14.5 Å². The Bertz CT molecular complexity index is 3310. The average Bonchev–Trinajstić information content (AvgIpc) is 3.84. The lowest BCUT2D eigenvalue weighted by Crippen LogP contribution is -2.28. The molecule has 2 heterocycles. The molecule has 3 nitrogen and oxygen atoms in total. The van der Waals surface area contributed by atoms with Gasteiger partial charge in [-0.05, 0) is 80.6 Å². The number of para-hydroxylation sites is 2. The molecular formula is C57H37N3. The number of aromatic nitrogens is 3. The van der Waals surface area contributed by atoms with Gasteiger partial charge in [0, 0.05) is 33.2 Å². The van der Waals surface area contributed by atoms with Crippen molar-refractivity contribution in [2.75, 3.05) is 0 Å². The standard InChI is InChI=1S/C57H37N3/c1-4-18-38(19-5-1)50-37-51(39-32-34-43(35-33-39)60-52-30-16-13-26-45(52)46-27-14-17-31-53(46)60)59-56(58-50)48-36-40-20-10-11-25-44(40)55-54(48)47-28-12-15-29-49(47)57(55,41-21-6-2-7-22-41)42-23-8-3-9-24-42/h1-37H. The minimum atomic E-state index is -0.577. The molecule has 0 unspecified atom stereocenters. The molecule has 3 heteroatoms. The van der Waals surface area contributed by atoms with Crippen LogP contribution >= 0.6 is 0 Å². The number of rotatable bonds is 6. The van der Waals surface area contributed by atoms with Gasteiger partial charge < -0.3 is 4.57 Å².